The number of likely N-dealkylation sites (tertiary alicyclic amines) is 1. The molecular weight excluding hydrogens is 224 g/mol. The van der Waals surface area contributed by atoms with E-state index < -0.39 is 12.1 Å². The standard InChI is InChI=1S/C11H18N2O4/c14-10-8-17-9(11(15)16)7-13(10)6-5-12-3-1-2-4-12/h9H,1-8H2,(H,15,16). The molecule has 0 aliphatic carbocycles. The molecule has 2 saturated heterocycles. The summed E-state index contributed by atoms with van der Waals surface area (Å²) in [5.41, 5.74) is 0. The molecule has 2 aliphatic heterocycles. The third-order valence-electron chi connectivity index (χ3n) is 3.31. The molecular formula is C11H18N2O4. The number of carbonyl (C=O) groups is 2. The highest BCUT2D eigenvalue weighted by Gasteiger charge is 2.30. The molecule has 0 radical (unpaired) electrons. The highest BCUT2D eigenvalue weighted by molar-refractivity contribution is 5.81. The van der Waals surface area contributed by atoms with Gasteiger partial charge in [0.1, 0.15) is 6.61 Å². The lowest BCUT2D eigenvalue weighted by atomic mass is 10.2. The van der Waals surface area contributed by atoms with Gasteiger partial charge in [0.25, 0.3) is 0 Å². The molecule has 17 heavy (non-hydrogen) atoms. The summed E-state index contributed by atoms with van der Waals surface area (Å²) in [7, 11) is 0. The summed E-state index contributed by atoms with van der Waals surface area (Å²) in [5, 5.41) is 8.85. The lowest BCUT2D eigenvalue weighted by Crippen LogP contribution is -2.51. The summed E-state index contributed by atoms with van der Waals surface area (Å²) in [4.78, 5) is 26.3. The molecule has 2 heterocycles. The number of hydrogen-bond acceptors (Lipinski definition) is 4. The van der Waals surface area contributed by atoms with E-state index in [1.165, 1.54) is 12.8 Å². The minimum absolute atomic E-state index is 0.110. The van der Waals surface area contributed by atoms with Crippen LogP contribution in [0.1, 0.15) is 12.8 Å². The molecule has 1 amide bonds. The summed E-state index contributed by atoms with van der Waals surface area (Å²) >= 11 is 0. The Balaban J connectivity index is 1.80. The Morgan fingerprint density at radius 3 is 2.71 bits per heavy atom. The summed E-state index contributed by atoms with van der Waals surface area (Å²) in [6, 6.07) is 0. The smallest absolute Gasteiger partial charge is 0.334 e. The van der Waals surface area contributed by atoms with Crippen molar-refractivity contribution in [1.82, 2.24) is 9.80 Å². The van der Waals surface area contributed by atoms with E-state index in [0.717, 1.165) is 19.6 Å². The fourth-order valence-electron chi connectivity index (χ4n) is 2.25. The van der Waals surface area contributed by atoms with Crippen molar-refractivity contribution < 1.29 is 19.4 Å². The molecule has 0 bridgehead atoms. The van der Waals surface area contributed by atoms with E-state index in [1.807, 2.05) is 0 Å². The van der Waals surface area contributed by atoms with Crippen LogP contribution in [0.25, 0.3) is 0 Å². The van der Waals surface area contributed by atoms with Gasteiger partial charge in [0.05, 0.1) is 6.54 Å². The molecule has 1 unspecified atom stereocenters. The highest BCUT2D eigenvalue weighted by Crippen LogP contribution is 2.10. The first-order valence-corrected chi connectivity index (χ1v) is 6.01. The molecule has 2 rings (SSSR count). The number of rotatable bonds is 4. The second-order valence-electron chi connectivity index (χ2n) is 4.53. The zero-order valence-corrected chi connectivity index (χ0v) is 9.80. The molecule has 6 nitrogen and oxygen atoms in total. The van der Waals surface area contributed by atoms with Crippen molar-refractivity contribution in [2.75, 3.05) is 39.3 Å². The van der Waals surface area contributed by atoms with Crippen LogP contribution >= 0.6 is 0 Å². The molecule has 0 aromatic rings. The number of ether oxygens (including phenoxy) is 1. The number of morpholine rings is 1. The van der Waals surface area contributed by atoms with Crippen LogP contribution in [-0.2, 0) is 14.3 Å². The van der Waals surface area contributed by atoms with Gasteiger partial charge in [0.15, 0.2) is 6.10 Å². The zero-order valence-electron chi connectivity index (χ0n) is 9.80. The number of nitrogens with zero attached hydrogens (tertiary/aromatic N) is 2. The maximum Gasteiger partial charge on any atom is 0.334 e. The quantitative estimate of drug-likeness (QED) is 0.712. The van der Waals surface area contributed by atoms with Crippen LogP contribution < -0.4 is 0 Å². The molecule has 2 aliphatic rings. The molecule has 6 heteroatoms. The van der Waals surface area contributed by atoms with E-state index >= 15 is 0 Å². The largest absolute Gasteiger partial charge is 0.479 e. The Kier molecular flexibility index (Phi) is 3.96. The van der Waals surface area contributed by atoms with E-state index in [2.05, 4.69) is 4.90 Å². The van der Waals surface area contributed by atoms with E-state index in [9.17, 15) is 9.59 Å². The van der Waals surface area contributed by atoms with Crippen molar-refractivity contribution in [3.8, 4) is 0 Å². The van der Waals surface area contributed by atoms with Crippen molar-refractivity contribution in [2.45, 2.75) is 18.9 Å². The average molecular weight is 242 g/mol. The third-order valence-corrected chi connectivity index (χ3v) is 3.31. The topological polar surface area (TPSA) is 70.1 Å². The summed E-state index contributed by atoms with van der Waals surface area (Å²) in [6.45, 7) is 3.66. The average Bonchev–Trinajstić information content (AvgIpc) is 2.80. The van der Waals surface area contributed by atoms with Gasteiger partial charge in [0.2, 0.25) is 5.91 Å². The van der Waals surface area contributed by atoms with E-state index in [-0.39, 0.29) is 19.1 Å². The number of amides is 1. The Bertz CT molecular complexity index is 302. The molecule has 0 aromatic heterocycles. The first kappa shape index (κ1) is 12.3. The highest BCUT2D eigenvalue weighted by atomic mass is 16.5. The summed E-state index contributed by atoms with van der Waals surface area (Å²) in [6.07, 6.45) is 1.56. The van der Waals surface area contributed by atoms with Gasteiger partial charge in [-0.1, -0.05) is 0 Å². The van der Waals surface area contributed by atoms with Gasteiger partial charge in [-0.25, -0.2) is 4.79 Å². The minimum atomic E-state index is -0.997. The number of carboxylic acid groups (broad SMARTS) is 1. The number of hydrogen-bond donors (Lipinski definition) is 1. The van der Waals surface area contributed by atoms with E-state index in [0.29, 0.717) is 6.54 Å². The van der Waals surface area contributed by atoms with E-state index in [1.54, 1.807) is 4.90 Å². The lowest BCUT2D eigenvalue weighted by molar-refractivity contribution is -0.164. The molecule has 0 saturated carbocycles. The molecule has 2 fully saturated rings. The van der Waals surface area contributed by atoms with Gasteiger partial charge in [-0.05, 0) is 25.9 Å². The van der Waals surface area contributed by atoms with E-state index in [4.69, 9.17) is 9.84 Å². The van der Waals surface area contributed by atoms with Crippen molar-refractivity contribution in [1.29, 1.82) is 0 Å². The number of carbonyl (C=O) groups excluding carboxylic acids is 1. The van der Waals surface area contributed by atoms with Crippen LogP contribution in [0.2, 0.25) is 0 Å². The van der Waals surface area contributed by atoms with Crippen LogP contribution in [0.3, 0.4) is 0 Å². The molecule has 0 aromatic carbocycles. The molecule has 1 N–H and O–H groups in total. The van der Waals surface area contributed by atoms with Crippen molar-refractivity contribution in [3.63, 3.8) is 0 Å². The van der Waals surface area contributed by atoms with Gasteiger partial charge in [-0.2, -0.15) is 0 Å². The Hall–Kier alpha value is -1.14. The van der Waals surface area contributed by atoms with Crippen molar-refractivity contribution in [2.24, 2.45) is 0 Å². The van der Waals surface area contributed by atoms with Crippen LogP contribution in [0.5, 0.6) is 0 Å². The minimum Gasteiger partial charge on any atom is -0.479 e. The fraction of sp³-hybridized carbons (Fsp3) is 0.818. The van der Waals surface area contributed by atoms with Crippen LogP contribution in [-0.4, -0.2) is 72.2 Å². The Labute approximate surface area is 100 Å². The molecule has 1 atom stereocenters. The first-order valence-electron chi connectivity index (χ1n) is 6.01. The SMILES string of the molecule is O=C(O)C1CN(CCN2CCCC2)C(=O)CO1. The zero-order chi connectivity index (χ0) is 12.3. The Morgan fingerprint density at radius 2 is 2.06 bits per heavy atom. The summed E-state index contributed by atoms with van der Waals surface area (Å²) < 4.78 is 4.95. The van der Waals surface area contributed by atoms with Crippen LogP contribution in [0.15, 0.2) is 0 Å². The Morgan fingerprint density at radius 1 is 1.35 bits per heavy atom. The third kappa shape index (κ3) is 3.17. The molecule has 96 valence electrons. The van der Waals surface area contributed by atoms with Crippen LogP contribution in [0.4, 0.5) is 0 Å². The number of carboxylic acids is 1. The van der Waals surface area contributed by atoms with Crippen molar-refractivity contribution in [3.05, 3.63) is 0 Å². The second kappa shape index (κ2) is 5.46. The van der Waals surface area contributed by atoms with Crippen molar-refractivity contribution >= 4 is 11.9 Å². The normalized spacial score (nSPS) is 26.5. The van der Waals surface area contributed by atoms with Crippen LogP contribution in [0, 0.1) is 0 Å². The second-order valence-corrected chi connectivity index (χ2v) is 4.53. The number of aliphatic carboxylic acids is 1. The van der Waals surface area contributed by atoms with Gasteiger partial charge in [-0.15, -0.1) is 0 Å². The predicted octanol–water partition coefficient (Wildman–Crippen LogP) is -0.606. The van der Waals surface area contributed by atoms with Gasteiger partial charge < -0.3 is 19.6 Å². The lowest BCUT2D eigenvalue weighted by Gasteiger charge is -2.31. The molecule has 0 spiro atoms. The maximum absolute atomic E-state index is 11.6. The van der Waals surface area contributed by atoms with Gasteiger partial charge in [0, 0.05) is 13.1 Å². The predicted molar refractivity (Wildman–Crippen MR) is 59.6 cm³/mol. The van der Waals surface area contributed by atoms with Gasteiger partial charge >= 0.3 is 5.97 Å². The first-order chi connectivity index (χ1) is 8.16. The monoisotopic (exact) mass is 242 g/mol. The maximum atomic E-state index is 11.6. The van der Waals surface area contributed by atoms with Gasteiger partial charge in [-0.3, -0.25) is 4.79 Å². The fourth-order valence-corrected chi connectivity index (χ4v) is 2.25. The summed E-state index contributed by atoms with van der Waals surface area (Å²) in [5.74, 6) is -1.11.